The molecule has 0 saturated carbocycles. The minimum atomic E-state index is -0.314. The Kier molecular flexibility index (Phi) is 4.48. The monoisotopic (exact) mass is 362 g/mol. The van der Waals surface area contributed by atoms with E-state index in [9.17, 15) is 0 Å². The topological polar surface area (TPSA) is 40.5 Å². The number of alkyl halides is 1. The molecule has 0 spiro atoms. The van der Waals surface area contributed by atoms with Crippen LogP contribution in [0.25, 0.3) is 0 Å². The van der Waals surface area contributed by atoms with E-state index in [1.165, 1.54) is 5.56 Å². The molecule has 1 aromatic rings. The Morgan fingerprint density at radius 2 is 1.92 bits per heavy atom. The lowest BCUT2D eigenvalue weighted by Crippen LogP contribution is -2.50. The summed E-state index contributed by atoms with van der Waals surface area (Å²) < 4.78 is 10.9. The summed E-state index contributed by atoms with van der Waals surface area (Å²) in [5.41, 5.74) is 0.949. The summed E-state index contributed by atoms with van der Waals surface area (Å²) in [4.78, 5) is 11.1. The smallest absolute Gasteiger partial charge is 0.231 e. The fourth-order valence-electron chi connectivity index (χ4n) is 3.56. The van der Waals surface area contributed by atoms with Gasteiger partial charge in [-0.3, -0.25) is 9.89 Å². The summed E-state index contributed by atoms with van der Waals surface area (Å²) in [5, 5.41) is 0. The summed E-state index contributed by atoms with van der Waals surface area (Å²) >= 11 is 6.21. The third-order valence-electron chi connectivity index (χ3n) is 5.18. The number of piperazine rings is 1. The van der Waals surface area contributed by atoms with E-state index in [1.54, 1.807) is 6.21 Å². The molecule has 7 heteroatoms. The van der Waals surface area contributed by atoms with Gasteiger partial charge in [-0.25, -0.2) is 0 Å². The Bertz CT molecular complexity index is 700. The molecule has 4 rings (SSSR count). The first-order valence-corrected chi connectivity index (χ1v) is 9.06. The number of benzene rings is 1. The van der Waals surface area contributed by atoms with E-state index >= 15 is 0 Å². The molecule has 0 aromatic heterocycles. The predicted octanol–water partition coefficient (Wildman–Crippen LogP) is 2.47. The van der Waals surface area contributed by atoms with Crippen LogP contribution < -0.4 is 9.47 Å². The van der Waals surface area contributed by atoms with Gasteiger partial charge in [-0.2, -0.15) is 0 Å². The molecule has 3 aliphatic heterocycles. The molecule has 0 amide bonds. The molecule has 6 nitrogen and oxygen atoms in total. The zero-order valence-corrected chi connectivity index (χ0v) is 15.3. The predicted molar refractivity (Wildman–Crippen MR) is 98.1 cm³/mol. The van der Waals surface area contributed by atoms with Crippen molar-refractivity contribution in [3.8, 4) is 11.5 Å². The normalized spacial score (nSPS) is 24.4. The average molecular weight is 363 g/mol. The van der Waals surface area contributed by atoms with Gasteiger partial charge in [0, 0.05) is 45.5 Å². The zero-order valence-electron chi connectivity index (χ0n) is 14.6. The van der Waals surface area contributed by atoms with Crippen molar-refractivity contribution in [2.24, 2.45) is 4.99 Å². The minimum absolute atomic E-state index is 0.314. The number of nitrogens with zero attached hydrogens (tertiary/aromatic N) is 4. The first-order chi connectivity index (χ1) is 12.1. The molecule has 3 heterocycles. The molecule has 3 aliphatic rings. The van der Waals surface area contributed by atoms with Crippen LogP contribution in [0.2, 0.25) is 0 Å². The number of allylic oxidation sites excluding steroid dienone is 1. The third kappa shape index (κ3) is 3.16. The van der Waals surface area contributed by atoms with E-state index in [-0.39, 0.29) is 5.62 Å². The number of hydrogen-bond donors (Lipinski definition) is 0. The second kappa shape index (κ2) is 6.77. The maximum absolute atomic E-state index is 6.21. The standard InChI is InChI=1S/C18H23ClN4O2/c1-13(14-3-4-15-16(11-14)25-12-24-15)22-7-9-23(10-8-22)17-5-6-20-18(19)21(17)2/h3-6,11,13,18H,7-10,12H2,1-2H3. The maximum atomic E-state index is 6.21. The van der Waals surface area contributed by atoms with Gasteiger partial charge >= 0.3 is 0 Å². The van der Waals surface area contributed by atoms with Gasteiger partial charge in [-0.15, -0.1) is 0 Å². The van der Waals surface area contributed by atoms with E-state index < -0.39 is 0 Å². The van der Waals surface area contributed by atoms with E-state index in [0.717, 1.165) is 43.5 Å². The van der Waals surface area contributed by atoms with Crippen molar-refractivity contribution in [2.45, 2.75) is 18.6 Å². The van der Waals surface area contributed by atoms with Crippen LogP contribution >= 0.6 is 11.6 Å². The van der Waals surface area contributed by atoms with Gasteiger partial charge in [-0.05, 0) is 30.7 Å². The lowest BCUT2D eigenvalue weighted by molar-refractivity contribution is 0.0994. The highest BCUT2D eigenvalue weighted by Gasteiger charge is 2.27. The van der Waals surface area contributed by atoms with Crippen molar-refractivity contribution in [3.63, 3.8) is 0 Å². The molecule has 0 aliphatic carbocycles. The van der Waals surface area contributed by atoms with Crippen LogP contribution in [-0.2, 0) is 0 Å². The van der Waals surface area contributed by atoms with E-state index in [4.69, 9.17) is 21.1 Å². The van der Waals surface area contributed by atoms with Crippen molar-refractivity contribution < 1.29 is 9.47 Å². The Morgan fingerprint density at radius 1 is 1.16 bits per heavy atom. The van der Waals surface area contributed by atoms with E-state index in [0.29, 0.717) is 12.8 Å². The summed E-state index contributed by atoms with van der Waals surface area (Å²) in [6.45, 7) is 6.53. The highest BCUT2D eigenvalue weighted by Crippen LogP contribution is 2.35. The van der Waals surface area contributed by atoms with Gasteiger partial charge in [0.05, 0.1) is 0 Å². The maximum Gasteiger partial charge on any atom is 0.231 e. The second-order valence-corrected chi connectivity index (χ2v) is 6.95. The average Bonchev–Trinajstić information content (AvgIpc) is 3.11. The molecule has 25 heavy (non-hydrogen) atoms. The van der Waals surface area contributed by atoms with Crippen LogP contribution in [0.15, 0.2) is 35.1 Å². The first kappa shape index (κ1) is 16.5. The van der Waals surface area contributed by atoms with Gasteiger partial charge in [-0.1, -0.05) is 17.7 Å². The van der Waals surface area contributed by atoms with Crippen molar-refractivity contribution in [3.05, 3.63) is 35.7 Å². The SMILES string of the molecule is CC(c1ccc2c(c1)OCO2)N1CCN(C2=CC=NC(Cl)N2C)CC1. The molecular formula is C18H23ClN4O2. The van der Waals surface area contributed by atoms with Crippen LogP contribution in [0, 0.1) is 0 Å². The summed E-state index contributed by atoms with van der Waals surface area (Å²) in [5.74, 6) is 2.83. The lowest BCUT2D eigenvalue weighted by atomic mass is 10.1. The Labute approximate surface area is 153 Å². The molecule has 0 bridgehead atoms. The number of fused-ring (bicyclic) bond motifs is 1. The Hall–Kier alpha value is -1.92. The molecule has 2 atom stereocenters. The van der Waals surface area contributed by atoms with Crippen LogP contribution in [0.4, 0.5) is 0 Å². The Balaban J connectivity index is 1.40. The van der Waals surface area contributed by atoms with Crippen LogP contribution in [0.5, 0.6) is 11.5 Å². The minimum Gasteiger partial charge on any atom is -0.454 e. The van der Waals surface area contributed by atoms with Crippen molar-refractivity contribution in [2.75, 3.05) is 40.0 Å². The lowest BCUT2D eigenvalue weighted by Gasteiger charge is -2.43. The molecule has 2 unspecified atom stereocenters. The fraction of sp³-hybridized carbons (Fsp3) is 0.500. The summed E-state index contributed by atoms with van der Waals surface area (Å²) in [6, 6.07) is 6.59. The third-order valence-corrected chi connectivity index (χ3v) is 5.58. The molecule has 1 saturated heterocycles. The van der Waals surface area contributed by atoms with E-state index in [1.807, 2.05) is 24.1 Å². The molecule has 1 fully saturated rings. The Morgan fingerprint density at radius 3 is 2.72 bits per heavy atom. The van der Waals surface area contributed by atoms with Crippen LogP contribution in [0.3, 0.4) is 0 Å². The number of rotatable bonds is 3. The van der Waals surface area contributed by atoms with Gasteiger partial charge in [0.2, 0.25) is 6.79 Å². The van der Waals surface area contributed by atoms with Gasteiger partial charge in [0.25, 0.3) is 0 Å². The molecule has 0 N–H and O–H groups in total. The number of ether oxygens (including phenoxy) is 2. The van der Waals surface area contributed by atoms with Gasteiger partial charge in [0.1, 0.15) is 5.82 Å². The fourth-order valence-corrected chi connectivity index (χ4v) is 3.72. The van der Waals surface area contributed by atoms with Gasteiger partial charge < -0.3 is 19.3 Å². The zero-order chi connectivity index (χ0) is 17.4. The van der Waals surface area contributed by atoms with Crippen molar-refractivity contribution >= 4 is 17.8 Å². The molecule has 134 valence electrons. The highest BCUT2D eigenvalue weighted by molar-refractivity contribution is 6.20. The molecule has 1 aromatic carbocycles. The summed E-state index contributed by atoms with van der Waals surface area (Å²) in [7, 11) is 1.99. The van der Waals surface area contributed by atoms with Crippen molar-refractivity contribution in [1.29, 1.82) is 0 Å². The van der Waals surface area contributed by atoms with Crippen LogP contribution in [-0.4, -0.2) is 66.6 Å². The van der Waals surface area contributed by atoms with Gasteiger partial charge in [0.15, 0.2) is 17.1 Å². The number of halogens is 1. The van der Waals surface area contributed by atoms with E-state index in [2.05, 4.69) is 33.8 Å². The van der Waals surface area contributed by atoms with Crippen LogP contribution in [0.1, 0.15) is 18.5 Å². The first-order valence-electron chi connectivity index (χ1n) is 8.62. The highest BCUT2D eigenvalue weighted by atomic mass is 35.5. The van der Waals surface area contributed by atoms with Crippen molar-refractivity contribution in [1.82, 2.24) is 14.7 Å². The molecular weight excluding hydrogens is 340 g/mol. The quantitative estimate of drug-likeness (QED) is 0.610. The second-order valence-electron chi connectivity index (χ2n) is 6.56. The summed E-state index contributed by atoms with van der Waals surface area (Å²) in [6.07, 6.45) is 3.84. The largest absolute Gasteiger partial charge is 0.454 e. The molecule has 0 radical (unpaired) electrons. The number of aliphatic imine (C=N–C) groups is 1. The number of hydrogen-bond acceptors (Lipinski definition) is 6.